The average Bonchev–Trinajstić information content (AvgIpc) is 2.91. The highest BCUT2D eigenvalue weighted by Crippen LogP contribution is 2.39. The molecule has 162 valence electrons. The number of hydrogen-bond acceptors (Lipinski definition) is 2. The number of amides is 1. The minimum atomic E-state index is -0.340. The summed E-state index contributed by atoms with van der Waals surface area (Å²) in [7, 11) is 2.11. The molecule has 0 radical (unpaired) electrons. The van der Waals surface area contributed by atoms with Crippen molar-refractivity contribution in [3.63, 3.8) is 0 Å². The summed E-state index contributed by atoms with van der Waals surface area (Å²) in [6, 6.07) is 11.2. The summed E-state index contributed by atoms with van der Waals surface area (Å²) < 4.78 is 27.5. The first kappa shape index (κ1) is 22.4. The van der Waals surface area contributed by atoms with Crippen LogP contribution in [0, 0.1) is 11.6 Å². The minimum Gasteiger partial charge on any atom is -0.312 e. The second kappa shape index (κ2) is 10.7. The Labute approximate surface area is 178 Å². The maximum Gasteiger partial charge on any atom is 0.226 e. The summed E-state index contributed by atoms with van der Waals surface area (Å²) in [5.74, 6) is -0.526. The zero-order chi connectivity index (χ0) is 21.5. The number of nitrogens with zero attached hydrogens (tertiary/aromatic N) is 2. The fraction of sp³-hybridized carbons (Fsp3) is 0.480. The van der Waals surface area contributed by atoms with Gasteiger partial charge in [0.05, 0.1) is 5.69 Å². The van der Waals surface area contributed by atoms with Crippen molar-refractivity contribution in [1.29, 1.82) is 0 Å². The van der Waals surface area contributed by atoms with Gasteiger partial charge in [0.1, 0.15) is 11.6 Å². The fourth-order valence-corrected chi connectivity index (χ4v) is 4.36. The van der Waals surface area contributed by atoms with Gasteiger partial charge < -0.3 is 9.80 Å². The van der Waals surface area contributed by atoms with E-state index >= 15 is 0 Å². The number of benzene rings is 2. The van der Waals surface area contributed by atoms with E-state index in [1.54, 1.807) is 23.1 Å². The Morgan fingerprint density at radius 2 is 1.80 bits per heavy atom. The molecule has 3 rings (SSSR count). The van der Waals surface area contributed by atoms with Crippen molar-refractivity contribution >= 4 is 11.6 Å². The highest BCUT2D eigenvalue weighted by Gasteiger charge is 2.27. The van der Waals surface area contributed by atoms with Gasteiger partial charge in [-0.1, -0.05) is 25.1 Å². The van der Waals surface area contributed by atoms with E-state index in [1.807, 2.05) is 0 Å². The Balaban J connectivity index is 1.75. The average molecular weight is 415 g/mol. The lowest BCUT2D eigenvalue weighted by atomic mass is 9.87. The molecule has 1 atom stereocenters. The van der Waals surface area contributed by atoms with Gasteiger partial charge in [-0.15, -0.1) is 0 Å². The molecule has 1 aliphatic heterocycles. The SMILES string of the molecule is CCCN(C)CCCCC(=O)N1CCCC(c2ccc(F)cc2)c2ccc(F)cc21. The highest BCUT2D eigenvalue weighted by atomic mass is 19.1. The van der Waals surface area contributed by atoms with Crippen molar-refractivity contribution in [1.82, 2.24) is 4.90 Å². The van der Waals surface area contributed by atoms with E-state index in [0.717, 1.165) is 56.3 Å². The van der Waals surface area contributed by atoms with Crippen LogP contribution in [0.1, 0.15) is 62.5 Å². The molecule has 3 nitrogen and oxygen atoms in total. The van der Waals surface area contributed by atoms with E-state index in [-0.39, 0.29) is 23.5 Å². The van der Waals surface area contributed by atoms with Crippen molar-refractivity contribution < 1.29 is 13.6 Å². The van der Waals surface area contributed by atoms with Crippen molar-refractivity contribution in [3.05, 3.63) is 65.2 Å². The van der Waals surface area contributed by atoms with Gasteiger partial charge in [0.15, 0.2) is 0 Å². The number of anilines is 1. The minimum absolute atomic E-state index is 0.0293. The van der Waals surface area contributed by atoms with Crippen molar-refractivity contribution in [2.45, 2.75) is 51.4 Å². The molecule has 30 heavy (non-hydrogen) atoms. The summed E-state index contributed by atoms with van der Waals surface area (Å²) in [5, 5.41) is 0. The molecule has 1 aliphatic rings. The lowest BCUT2D eigenvalue weighted by Crippen LogP contribution is -2.31. The van der Waals surface area contributed by atoms with Crippen LogP contribution >= 0.6 is 0 Å². The van der Waals surface area contributed by atoms with Gasteiger partial charge >= 0.3 is 0 Å². The molecular formula is C25H32F2N2O. The number of carbonyl (C=O) groups is 1. The van der Waals surface area contributed by atoms with Gasteiger partial charge in [0, 0.05) is 18.9 Å². The fourth-order valence-electron chi connectivity index (χ4n) is 4.36. The number of carbonyl (C=O) groups excluding carboxylic acids is 1. The van der Waals surface area contributed by atoms with Crippen LogP contribution in [0.2, 0.25) is 0 Å². The molecule has 0 saturated heterocycles. The predicted octanol–water partition coefficient (Wildman–Crippen LogP) is 5.74. The van der Waals surface area contributed by atoms with E-state index in [4.69, 9.17) is 0 Å². The summed E-state index contributed by atoms with van der Waals surface area (Å²) in [6.07, 6.45) is 5.07. The largest absolute Gasteiger partial charge is 0.312 e. The van der Waals surface area contributed by atoms with Gasteiger partial charge in [-0.05, 0) is 87.6 Å². The van der Waals surface area contributed by atoms with Crippen LogP contribution in [-0.2, 0) is 4.79 Å². The summed E-state index contributed by atoms with van der Waals surface area (Å²) in [5.41, 5.74) is 2.60. The molecular weight excluding hydrogens is 382 g/mol. The van der Waals surface area contributed by atoms with Crippen LogP contribution in [0.15, 0.2) is 42.5 Å². The molecule has 0 saturated carbocycles. The van der Waals surface area contributed by atoms with Crippen molar-refractivity contribution in [2.24, 2.45) is 0 Å². The molecule has 0 fully saturated rings. The van der Waals surface area contributed by atoms with E-state index in [2.05, 4.69) is 18.9 Å². The second-order valence-corrected chi connectivity index (χ2v) is 8.26. The number of unbranched alkanes of at least 4 members (excludes halogenated alkanes) is 1. The highest BCUT2D eigenvalue weighted by molar-refractivity contribution is 5.94. The maximum absolute atomic E-state index is 14.1. The van der Waals surface area contributed by atoms with Gasteiger partial charge in [0.2, 0.25) is 5.91 Å². The van der Waals surface area contributed by atoms with Crippen molar-refractivity contribution in [2.75, 3.05) is 31.6 Å². The molecule has 0 aromatic heterocycles. The third-order valence-corrected chi connectivity index (χ3v) is 5.89. The van der Waals surface area contributed by atoms with E-state index < -0.39 is 0 Å². The Kier molecular flexibility index (Phi) is 7.97. The lowest BCUT2D eigenvalue weighted by Gasteiger charge is -2.25. The van der Waals surface area contributed by atoms with Gasteiger partial charge in [0.25, 0.3) is 0 Å². The van der Waals surface area contributed by atoms with E-state index in [1.165, 1.54) is 24.3 Å². The molecule has 0 N–H and O–H groups in total. The van der Waals surface area contributed by atoms with Crippen LogP contribution in [-0.4, -0.2) is 37.5 Å². The van der Waals surface area contributed by atoms with E-state index in [0.29, 0.717) is 18.7 Å². The third-order valence-electron chi connectivity index (χ3n) is 5.89. The topological polar surface area (TPSA) is 23.6 Å². The first-order valence-electron chi connectivity index (χ1n) is 11.0. The molecule has 0 aliphatic carbocycles. The Morgan fingerprint density at radius 3 is 2.53 bits per heavy atom. The monoisotopic (exact) mass is 414 g/mol. The molecule has 5 heteroatoms. The number of halogens is 2. The number of rotatable bonds is 8. The molecule has 0 spiro atoms. The normalized spacial score (nSPS) is 16.4. The lowest BCUT2D eigenvalue weighted by molar-refractivity contribution is -0.118. The predicted molar refractivity (Wildman–Crippen MR) is 118 cm³/mol. The number of hydrogen-bond donors (Lipinski definition) is 0. The number of fused-ring (bicyclic) bond motifs is 1. The molecule has 1 amide bonds. The Bertz CT molecular complexity index is 838. The summed E-state index contributed by atoms with van der Waals surface area (Å²) in [6.45, 7) is 4.80. The van der Waals surface area contributed by atoms with Gasteiger partial charge in [-0.2, -0.15) is 0 Å². The summed E-state index contributed by atoms with van der Waals surface area (Å²) in [4.78, 5) is 17.1. The van der Waals surface area contributed by atoms with Gasteiger partial charge in [-0.25, -0.2) is 8.78 Å². The van der Waals surface area contributed by atoms with Gasteiger partial charge in [-0.3, -0.25) is 4.79 Å². The summed E-state index contributed by atoms with van der Waals surface area (Å²) >= 11 is 0. The quantitative estimate of drug-likeness (QED) is 0.515. The van der Waals surface area contributed by atoms with Crippen LogP contribution in [0.5, 0.6) is 0 Å². The molecule has 1 unspecified atom stereocenters. The third kappa shape index (κ3) is 5.66. The zero-order valence-electron chi connectivity index (χ0n) is 18.0. The zero-order valence-corrected chi connectivity index (χ0v) is 18.0. The molecule has 2 aromatic carbocycles. The van der Waals surface area contributed by atoms with Crippen LogP contribution in [0.3, 0.4) is 0 Å². The Morgan fingerprint density at radius 1 is 1.07 bits per heavy atom. The smallest absolute Gasteiger partial charge is 0.226 e. The molecule has 2 aromatic rings. The van der Waals surface area contributed by atoms with E-state index in [9.17, 15) is 13.6 Å². The first-order chi connectivity index (χ1) is 14.5. The standard InChI is InChI=1S/C25H32F2N2O/c1-3-15-28(2)16-5-4-8-25(30)29-17-6-7-22(19-9-11-20(26)12-10-19)23-14-13-21(27)18-24(23)29/h9-14,18,22H,3-8,15-17H2,1-2H3. The van der Waals surface area contributed by atoms with Crippen molar-refractivity contribution in [3.8, 4) is 0 Å². The van der Waals surface area contributed by atoms with Crippen LogP contribution in [0.25, 0.3) is 0 Å². The Hall–Kier alpha value is -2.27. The second-order valence-electron chi connectivity index (χ2n) is 8.26. The molecule has 1 heterocycles. The van der Waals surface area contributed by atoms with Crippen LogP contribution < -0.4 is 4.90 Å². The first-order valence-corrected chi connectivity index (χ1v) is 11.0. The van der Waals surface area contributed by atoms with Crippen LogP contribution in [0.4, 0.5) is 14.5 Å². The maximum atomic E-state index is 14.1. The molecule has 0 bridgehead atoms.